The fourth-order valence-electron chi connectivity index (χ4n) is 1.01. The Kier molecular flexibility index (Phi) is 3.39. The number of benzene rings is 1. The summed E-state index contributed by atoms with van der Waals surface area (Å²) in [6, 6.07) is 1.05. The molecule has 0 aliphatic carbocycles. The monoisotopic (exact) mass is 224 g/mol. The van der Waals surface area contributed by atoms with E-state index in [1.54, 1.807) is 0 Å². The molecular weight excluding hydrogens is 217 g/mol. The third-order valence-electron chi connectivity index (χ3n) is 1.76. The summed E-state index contributed by atoms with van der Waals surface area (Å²) in [5.41, 5.74) is -0.249. The molecule has 14 heavy (non-hydrogen) atoms. The quantitative estimate of drug-likeness (QED) is 0.605. The van der Waals surface area contributed by atoms with E-state index in [9.17, 15) is 13.2 Å². The summed E-state index contributed by atoms with van der Waals surface area (Å²) in [5, 5.41) is 7.95. The fourth-order valence-corrected chi connectivity index (χ4v) is 1.18. The first-order valence-corrected chi connectivity index (χ1v) is 4.33. The van der Waals surface area contributed by atoms with Crippen molar-refractivity contribution in [2.45, 2.75) is 18.4 Å². The topological polar surface area (TPSA) is 20.2 Å². The molecule has 0 heterocycles. The van der Waals surface area contributed by atoms with Crippen molar-refractivity contribution in [3.05, 3.63) is 35.1 Å². The van der Waals surface area contributed by atoms with E-state index in [-0.39, 0.29) is 5.56 Å². The van der Waals surface area contributed by atoms with E-state index in [0.717, 1.165) is 0 Å². The molecule has 0 bridgehead atoms. The summed E-state index contributed by atoms with van der Waals surface area (Å²) in [5.74, 6) is -3.43. The molecule has 1 rings (SSSR count). The molecule has 0 aliphatic rings. The predicted molar refractivity (Wildman–Crippen MR) is 46.6 cm³/mol. The third kappa shape index (κ3) is 2.19. The van der Waals surface area contributed by atoms with Crippen LogP contribution in [0.15, 0.2) is 12.1 Å². The maximum atomic E-state index is 13.0. The molecule has 0 fully saturated rings. The van der Waals surface area contributed by atoms with Gasteiger partial charge in [0.15, 0.2) is 11.6 Å². The van der Waals surface area contributed by atoms with Gasteiger partial charge < -0.3 is 5.11 Å². The van der Waals surface area contributed by atoms with Crippen LogP contribution in [0.25, 0.3) is 0 Å². The zero-order chi connectivity index (χ0) is 10.9. The normalized spacial score (nSPS) is 15.3. The van der Waals surface area contributed by atoms with Crippen LogP contribution in [-0.4, -0.2) is 11.2 Å². The average Bonchev–Trinajstić information content (AvgIpc) is 2.10. The fraction of sp³-hybridized carbons (Fsp3) is 0.333. The lowest BCUT2D eigenvalue weighted by molar-refractivity contribution is 0.188. The molecule has 2 atom stereocenters. The first-order valence-electron chi connectivity index (χ1n) is 3.90. The van der Waals surface area contributed by atoms with Gasteiger partial charge in [0.05, 0.1) is 11.5 Å². The second kappa shape index (κ2) is 4.19. The van der Waals surface area contributed by atoms with Crippen LogP contribution in [0.5, 0.6) is 0 Å². The van der Waals surface area contributed by atoms with Crippen molar-refractivity contribution in [1.82, 2.24) is 0 Å². The van der Waals surface area contributed by atoms with E-state index in [0.29, 0.717) is 12.1 Å². The molecule has 1 N–H and O–H groups in total. The van der Waals surface area contributed by atoms with Gasteiger partial charge in [-0.3, -0.25) is 0 Å². The Hall–Kier alpha value is -0.740. The van der Waals surface area contributed by atoms with Crippen molar-refractivity contribution >= 4 is 11.6 Å². The number of aliphatic hydroxyl groups excluding tert-OH is 1. The van der Waals surface area contributed by atoms with Crippen LogP contribution in [0, 0.1) is 17.5 Å². The zero-order valence-electron chi connectivity index (χ0n) is 7.27. The lowest BCUT2D eigenvalue weighted by atomic mass is 10.1. The van der Waals surface area contributed by atoms with E-state index in [1.807, 2.05) is 0 Å². The van der Waals surface area contributed by atoms with Gasteiger partial charge >= 0.3 is 0 Å². The van der Waals surface area contributed by atoms with E-state index >= 15 is 0 Å². The smallest absolute Gasteiger partial charge is 0.161 e. The second-order valence-corrected chi connectivity index (χ2v) is 3.40. The maximum absolute atomic E-state index is 13.0. The highest BCUT2D eigenvalue weighted by atomic mass is 35.5. The minimum absolute atomic E-state index is 0.249. The predicted octanol–water partition coefficient (Wildman–Crippen LogP) is 2.76. The van der Waals surface area contributed by atoms with Crippen LogP contribution in [0.3, 0.4) is 0 Å². The number of hydrogen-bond donors (Lipinski definition) is 1. The summed E-state index contributed by atoms with van der Waals surface area (Å²) in [6.45, 7) is 1.33. The van der Waals surface area contributed by atoms with Gasteiger partial charge in [-0.2, -0.15) is 0 Å². The Morgan fingerprint density at radius 3 is 2.14 bits per heavy atom. The van der Waals surface area contributed by atoms with Crippen LogP contribution in [0.2, 0.25) is 0 Å². The molecule has 0 spiro atoms. The van der Waals surface area contributed by atoms with Gasteiger partial charge in [0.2, 0.25) is 0 Å². The Morgan fingerprint density at radius 2 is 1.64 bits per heavy atom. The number of alkyl halides is 1. The molecule has 0 saturated carbocycles. The van der Waals surface area contributed by atoms with E-state index in [1.165, 1.54) is 6.92 Å². The average molecular weight is 225 g/mol. The van der Waals surface area contributed by atoms with Gasteiger partial charge in [0.25, 0.3) is 0 Å². The van der Waals surface area contributed by atoms with Gasteiger partial charge in [-0.1, -0.05) is 0 Å². The highest BCUT2D eigenvalue weighted by molar-refractivity contribution is 6.21. The lowest BCUT2D eigenvalue weighted by Crippen LogP contribution is -2.11. The zero-order valence-corrected chi connectivity index (χ0v) is 8.02. The van der Waals surface area contributed by atoms with Crippen molar-refractivity contribution in [3.63, 3.8) is 0 Å². The van der Waals surface area contributed by atoms with Gasteiger partial charge in [0.1, 0.15) is 5.82 Å². The Morgan fingerprint density at radius 1 is 1.14 bits per heavy atom. The molecule has 1 aromatic rings. The highest BCUT2D eigenvalue weighted by Crippen LogP contribution is 2.28. The van der Waals surface area contributed by atoms with Crippen LogP contribution in [0.1, 0.15) is 17.9 Å². The molecule has 1 aromatic carbocycles. The highest BCUT2D eigenvalue weighted by Gasteiger charge is 2.20. The molecule has 0 aliphatic heterocycles. The number of halogens is 4. The van der Waals surface area contributed by atoms with Crippen molar-refractivity contribution in [2.24, 2.45) is 0 Å². The van der Waals surface area contributed by atoms with Gasteiger partial charge in [0, 0.05) is 11.6 Å². The first-order chi connectivity index (χ1) is 6.43. The molecule has 0 radical (unpaired) electrons. The molecule has 0 saturated heterocycles. The molecule has 1 nitrogen and oxygen atoms in total. The lowest BCUT2D eigenvalue weighted by Gasteiger charge is -2.13. The molecular formula is C9H8ClF3O. The van der Waals surface area contributed by atoms with E-state index in [2.05, 4.69) is 0 Å². The molecule has 1 unspecified atom stereocenters. The van der Waals surface area contributed by atoms with Crippen LogP contribution < -0.4 is 0 Å². The Bertz CT molecular complexity index is 341. The van der Waals surface area contributed by atoms with Crippen LogP contribution in [0.4, 0.5) is 13.2 Å². The van der Waals surface area contributed by atoms with Crippen LogP contribution >= 0.6 is 11.6 Å². The summed E-state index contributed by atoms with van der Waals surface area (Å²) in [4.78, 5) is 0. The van der Waals surface area contributed by atoms with Gasteiger partial charge in [-0.15, -0.1) is 11.6 Å². The standard InChI is InChI=1S/C9H8ClF3O/c1-4(14)9(10)5-2-7(12)8(13)3-6(5)11/h2-4,9,14H,1H3/t4-,9?/m0/s1. The summed E-state index contributed by atoms with van der Waals surface area (Å²) < 4.78 is 38.2. The SMILES string of the molecule is C[C@H](O)C(Cl)c1cc(F)c(F)cc1F. The Balaban J connectivity index is 3.15. The molecule has 78 valence electrons. The molecule has 5 heteroatoms. The second-order valence-electron chi connectivity index (χ2n) is 2.93. The van der Waals surface area contributed by atoms with Gasteiger partial charge in [-0.25, -0.2) is 13.2 Å². The van der Waals surface area contributed by atoms with Crippen molar-refractivity contribution in [2.75, 3.05) is 0 Å². The van der Waals surface area contributed by atoms with Crippen molar-refractivity contribution in [1.29, 1.82) is 0 Å². The summed E-state index contributed by atoms with van der Waals surface area (Å²) in [6.07, 6.45) is -1.05. The maximum Gasteiger partial charge on any atom is 0.161 e. The van der Waals surface area contributed by atoms with E-state index < -0.39 is 28.9 Å². The first kappa shape index (κ1) is 11.3. The Labute approximate surface area is 84.1 Å². The number of hydrogen-bond acceptors (Lipinski definition) is 1. The summed E-state index contributed by atoms with van der Waals surface area (Å²) >= 11 is 5.59. The van der Waals surface area contributed by atoms with E-state index in [4.69, 9.17) is 16.7 Å². The van der Waals surface area contributed by atoms with Crippen molar-refractivity contribution in [3.8, 4) is 0 Å². The number of rotatable bonds is 2. The largest absolute Gasteiger partial charge is 0.392 e. The van der Waals surface area contributed by atoms with Gasteiger partial charge in [-0.05, 0) is 13.0 Å². The minimum Gasteiger partial charge on any atom is -0.392 e. The molecule has 0 aromatic heterocycles. The molecule has 0 amide bonds. The van der Waals surface area contributed by atoms with Crippen LogP contribution in [-0.2, 0) is 0 Å². The third-order valence-corrected chi connectivity index (χ3v) is 2.36. The number of aliphatic hydroxyl groups is 1. The summed E-state index contributed by atoms with van der Waals surface area (Å²) in [7, 11) is 0. The van der Waals surface area contributed by atoms with Crippen molar-refractivity contribution < 1.29 is 18.3 Å². The minimum atomic E-state index is -1.28.